The second-order valence-corrected chi connectivity index (χ2v) is 5.05. The van der Waals surface area contributed by atoms with Crippen LogP contribution < -0.4 is 15.2 Å². The molecule has 0 atom stereocenters. The van der Waals surface area contributed by atoms with Crippen molar-refractivity contribution >= 4 is 17.4 Å². The van der Waals surface area contributed by atoms with Crippen LogP contribution in [0.1, 0.15) is 0 Å². The monoisotopic (exact) mass is 275 g/mol. The van der Waals surface area contributed by atoms with Crippen LogP contribution >= 0.6 is 11.8 Å². The van der Waals surface area contributed by atoms with E-state index in [2.05, 4.69) is 0 Å². The first kappa shape index (κ1) is 13.6. The number of nitrogen functional groups attached to an aromatic ring is 1. The molecule has 4 heteroatoms. The van der Waals surface area contributed by atoms with E-state index in [0.29, 0.717) is 6.61 Å². The molecule has 2 rings (SSSR count). The molecule has 0 bridgehead atoms. The molecule has 0 aromatic heterocycles. The maximum Gasteiger partial charge on any atom is 0.120 e. The van der Waals surface area contributed by atoms with E-state index in [1.54, 1.807) is 18.9 Å². The van der Waals surface area contributed by atoms with Crippen molar-refractivity contribution in [3.63, 3.8) is 0 Å². The molecule has 2 aromatic rings. The van der Waals surface area contributed by atoms with Crippen LogP contribution in [-0.4, -0.2) is 19.5 Å². The van der Waals surface area contributed by atoms with Crippen LogP contribution in [-0.2, 0) is 0 Å². The number of rotatable bonds is 6. The molecule has 100 valence electrons. The van der Waals surface area contributed by atoms with E-state index in [1.807, 2.05) is 48.5 Å². The van der Waals surface area contributed by atoms with E-state index in [-0.39, 0.29) is 0 Å². The lowest BCUT2D eigenvalue weighted by molar-refractivity contribution is 0.344. The largest absolute Gasteiger partial charge is 0.497 e. The zero-order valence-electron chi connectivity index (χ0n) is 10.8. The van der Waals surface area contributed by atoms with Crippen molar-refractivity contribution in [3.05, 3.63) is 48.5 Å². The summed E-state index contributed by atoms with van der Waals surface area (Å²) in [6, 6.07) is 15.5. The zero-order chi connectivity index (χ0) is 13.5. The minimum absolute atomic E-state index is 0.644. The molecular weight excluding hydrogens is 258 g/mol. The molecular formula is C15H17NO2S. The van der Waals surface area contributed by atoms with Crippen molar-refractivity contribution in [3.8, 4) is 11.5 Å². The highest BCUT2D eigenvalue weighted by atomic mass is 32.2. The quantitative estimate of drug-likeness (QED) is 0.498. The second-order valence-electron chi connectivity index (χ2n) is 3.91. The van der Waals surface area contributed by atoms with Gasteiger partial charge >= 0.3 is 0 Å². The van der Waals surface area contributed by atoms with Gasteiger partial charge in [-0.2, -0.15) is 0 Å². The predicted molar refractivity (Wildman–Crippen MR) is 80.1 cm³/mol. The van der Waals surface area contributed by atoms with Crippen molar-refractivity contribution in [2.75, 3.05) is 25.2 Å². The highest BCUT2D eigenvalue weighted by Crippen LogP contribution is 2.28. The molecule has 0 saturated carbocycles. The van der Waals surface area contributed by atoms with Crippen LogP contribution in [0.3, 0.4) is 0 Å². The Labute approximate surface area is 117 Å². The Kier molecular flexibility index (Phi) is 4.98. The lowest BCUT2D eigenvalue weighted by Gasteiger charge is -2.09. The van der Waals surface area contributed by atoms with Crippen molar-refractivity contribution in [2.24, 2.45) is 0 Å². The summed E-state index contributed by atoms with van der Waals surface area (Å²) in [5.41, 5.74) is 6.69. The SMILES string of the molecule is COc1ccc(N)c(SCCOc2ccccc2)c1. The normalized spacial score (nSPS) is 10.2. The van der Waals surface area contributed by atoms with Gasteiger partial charge in [-0.25, -0.2) is 0 Å². The summed E-state index contributed by atoms with van der Waals surface area (Å²) in [5.74, 6) is 2.55. The van der Waals surface area contributed by atoms with Crippen LogP contribution in [0, 0.1) is 0 Å². The molecule has 0 aliphatic rings. The van der Waals surface area contributed by atoms with E-state index < -0.39 is 0 Å². The fraction of sp³-hybridized carbons (Fsp3) is 0.200. The van der Waals surface area contributed by atoms with Crippen LogP contribution in [0.2, 0.25) is 0 Å². The summed E-state index contributed by atoms with van der Waals surface area (Å²) >= 11 is 1.67. The number of hydrogen-bond donors (Lipinski definition) is 1. The first-order valence-corrected chi connectivity index (χ1v) is 7.02. The van der Waals surface area contributed by atoms with E-state index in [1.165, 1.54) is 0 Å². The van der Waals surface area contributed by atoms with Gasteiger partial charge in [-0.1, -0.05) is 18.2 Å². The smallest absolute Gasteiger partial charge is 0.120 e. The van der Waals surface area contributed by atoms with Gasteiger partial charge in [0.05, 0.1) is 13.7 Å². The molecule has 0 saturated heterocycles. The lowest BCUT2D eigenvalue weighted by Crippen LogP contribution is -2.00. The summed E-state index contributed by atoms with van der Waals surface area (Å²) in [5, 5.41) is 0. The molecule has 0 spiro atoms. The third kappa shape index (κ3) is 4.10. The summed E-state index contributed by atoms with van der Waals surface area (Å²) in [7, 11) is 1.65. The average Bonchev–Trinajstić information content (AvgIpc) is 2.46. The number of ether oxygens (including phenoxy) is 2. The third-order valence-electron chi connectivity index (χ3n) is 2.57. The Bertz CT molecular complexity index is 517. The van der Waals surface area contributed by atoms with Gasteiger partial charge in [-0.3, -0.25) is 0 Å². The Hall–Kier alpha value is -1.81. The van der Waals surface area contributed by atoms with E-state index in [0.717, 1.165) is 27.8 Å². The van der Waals surface area contributed by atoms with Crippen molar-refractivity contribution in [2.45, 2.75) is 4.90 Å². The van der Waals surface area contributed by atoms with Crippen molar-refractivity contribution < 1.29 is 9.47 Å². The Morgan fingerprint density at radius 2 is 1.84 bits per heavy atom. The van der Waals surface area contributed by atoms with Gasteiger partial charge in [0.1, 0.15) is 11.5 Å². The number of thioether (sulfide) groups is 1. The summed E-state index contributed by atoms with van der Waals surface area (Å²) in [4.78, 5) is 1.02. The summed E-state index contributed by atoms with van der Waals surface area (Å²) in [6.07, 6.45) is 0. The summed E-state index contributed by atoms with van der Waals surface area (Å²) in [6.45, 7) is 0.644. The Morgan fingerprint density at radius 1 is 1.05 bits per heavy atom. The molecule has 0 fully saturated rings. The standard InChI is InChI=1S/C15H17NO2S/c1-17-13-7-8-14(16)15(11-13)19-10-9-18-12-5-3-2-4-6-12/h2-8,11H,9-10,16H2,1H3. The summed E-state index contributed by atoms with van der Waals surface area (Å²) < 4.78 is 10.8. The predicted octanol–water partition coefficient (Wildman–Crippen LogP) is 3.45. The first-order valence-electron chi connectivity index (χ1n) is 6.04. The molecule has 2 aromatic carbocycles. The molecule has 0 aliphatic carbocycles. The maximum absolute atomic E-state index is 5.92. The fourth-order valence-corrected chi connectivity index (χ4v) is 2.42. The molecule has 0 heterocycles. The van der Waals surface area contributed by atoms with Gasteiger partial charge in [0.25, 0.3) is 0 Å². The number of benzene rings is 2. The number of anilines is 1. The molecule has 3 nitrogen and oxygen atoms in total. The lowest BCUT2D eigenvalue weighted by atomic mass is 10.3. The van der Waals surface area contributed by atoms with Gasteiger partial charge in [0, 0.05) is 16.3 Å². The van der Waals surface area contributed by atoms with Gasteiger partial charge < -0.3 is 15.2 Å². The Balaban J connectivity index is 1.82. The van der Waals surface area contributed by atoms with Crippen LogP contribution in [0.15, 0.2) is 53.4 Å². The van der Waals surface area contributed by atoms with Gasteiger partial charge in [0.15, 0.2) is 0 Å². The minimum atomic E-state index is 0.644. The topological polar surface area (TPSA) is 44.5 Å². The van der Waals surface area contributed by atoms with E-state index >= 15 is 0 Å². The second kappa shape index (κ2) is 6.95. The van der Waals surface area contributed by atoms with Crippen molar-refractivity contribution in [1.82, 2.24) is 0 Å². The van der Waals surface area contributed by atoms with E-state index in [9.17, 15) is 0 Å². The van der Waals surface area contributed by atoms with Gasteiger partial charge in [-0.15, -0.1) is 11.8 Å². The molecule has 0 aliphatic heterocycles. The van der Waals surface area contributed by atoms with Crippen LogP contribution in [0.4, 0.5) is 5.69 Å². The Morgan fingerprint density at radius 3 is 2.58 bits per heavy atom. The number of hydrogen-bond acceptors (Lipinski definition) is 4. The number of para-hydroxylation sites is 1. The van der Waals surface area contributed by atoms with Gasteiger partial charge in [-0.05, 0) is 30.3 Å². The average molecular weight is 275 g/mol. The minimum Gasteiger partial charge on any atom is -0.497 e. The highest BCUT2D eigenvalue weighted by molar-refractivity contribution is 7.99. The number of methoxy groups -OCH3 is 1. The molecule has 0 amide bonds. The third-order valence-corrected chi connectivity index (χ3v) is 3.61. The number of nitrogens with two attached hydrogens (primary N) is 1. The molecule has 19 heavy (non-hydrogen) atoms. The van der Waals surface area contributed by atoms with Crippen LogP contribution in [0.25, 0.3) is 0 Å². The maximum atomic E-state index is 5.92. The van der Waals surface area contributed by atoms with Gasteiger partial charge in [0.2, 0.25) is 0 Å². The molecule has 2 N–H and O–H groups in total. The first-order chi connectivity index (χ1) is 9.29. The fourth-order valence-electron chi connectivity index (χ4n) is 1.59. The van der Waals surface area contributed by atoms with E-state index in [4.69, 9.17) is 15.2 Å². The zero-order valence-corrected chi connectivity index (χ0v) is 11.7. The molecule has 0 unspecified atom stereocenters. The highest BCUT2D eigenvalue weighted by Gasteiger charge is 2.02. The van der Waals surface area contributed by atoms with Crippen LogP contribution in [0.5, 0.6) is 11.5 Å². The van der Waals surface area contributed by atoms with Crippen molar-refractivity contribution in [1.29, 1.82) is 0 Å². The molecule has 0 radical (unpaired) electrons.